The number of nitrogens with zero attached hydrogens (tertiary/aromatic N) is 1. The van der Waals surface area contributed by atoms with E-state index in [4.69, 9.17) is 0 Å². The van der Waals surface area contributed by atoms with Crippen molar-refractivity contribution >= 4 is 5.91 Å². The van der Waals surface area contributed by atoms with Gasteiger partial charge in [0.2, 0.25) is 0 Å². The quantitative estimate of drug-likeness (QED) is 0.826. The lowest BCUT2D eigenvalue weighted by Gasteiger charge is -2.44. The summed E-state index contributed by atoms with van der Waals surface area (Å²) in [4.78, 5) is 13.2. The topological polar surface area (TPSA) is 32.3 Å². The molecule has 2 heterocycles. The van der Waals surface area contributed by atoms with E-state index in [0.717, 1.165) is 38.8 Å². The monoisotopic (exact) mass is 264 g/mol. The van der Waals surface area contributed by atoms with Gasteiger partial charge in [-0.3, -0.25) is 4.79 Å². The van der Waals surface area contributed by atoms with Crippen LogP contribution in [-0.2, 0) is 4.79 Å². The van der Waals surface area contributed by atoms with Gasteiger partial charge in [0.15, 0.2) is 0 Å². The minimum atomic E-state index is -4.76. The molecule has 2 saturated heterocycles. The van der Waals surface area contributed by atoms with Gasteiger partial charge in [-0.2, -0.15) is 13.2 Å². The lowest BCUT2D eigenvalue weighted by molar-refractivity contribution is -0.174. The van der Waals surface area contributed by atoms with Gasteiger partial charge in [0, 0.05) is 12.6 Å². The summed E-state index contributed by atoms with van der Waals surface area (Å²) in [5, 5.41) is 2.03. The first-order valence-electron chi connectivity index (χ1n) is 6.57. The van der Waals surface area contributed by atoms with Crippen LogP contribution < -0.4 is 5.32 Å². The predicted octanol–water partition coefficient (Wildman–Crippen LogP) is 1.93. The van der Waals surface area contributed by atoms with Crippen LogP contribution in [0.3, 0.4) is 0 Å². The molecule has 0 aromatic rings. The molecule has 0 aromatic heterocycles. The smallest absolute Gasteiger partial charge is 0.348 e. The number of halogens is 3. The van der Waals surface area contributed by atoms with Crippen LogP contribution in [-0.4, -0.2) is 42.7 Å². The van der Waals surface area contributed by atoms with Crippen molar-refractivity contribution in [3.63, 3.8) is 0 Å². The molecule has 18 heavy (non-hydrogen) atoms. The number of carbonyl (C=O) groups is 1. The van der Waals surface area contributed by atoms with Crippen LogP contribution in [0.1, 0.15) is 32.1 Å². The Morgan fingerprint density at radius 2 is 1.89 bits per heavy atom. The maximum absolute atomic E-state index is 12.1. The van der Waals surface area contributed by atoms with Crippen molar-refractivity contribution in [2.24, 2.45) is 5.92 Å². The first kappa shape index (κ1) is 13.6. The number of amides is 1. The van der Waals surface area contributed by atoms with Crippen LogP contribution in [0.25, 0.3) is 0 Å². The largest absolute Gasteiger partial charge is 0.471 e. The Bertz CT molecular complexity index is 304. The number of nitrogens with one attached hydrogen (secondary N) is 1. The molecule has 2 aliphatic rings. The molecule has 2 unspecified atom stereocenters. The van der Waals surface area contributed by atoms with E-state index in [0.29, 0.717) is 6.04 Å². The summed E-state index contributed by atoms with van der Waals surface area (Å²) in [6.45, 7) is 2.25. The molecule has 2 aliphatic heterocycles. The molecular formula is C12H19F3N2O. The summed E-state index contributed by atoms with van der Waals surface area (Å²) in [6.07, 6.45) is 0.541. The van der Waals surface area contributed by atoms with Gasteiger partial charge in [-0.15, -0.1) is 0 Å². The summed E-state index contributed by atoms with van der Waals surface area (Å²) in [5.74, 6) is -1.64. The van der Waals surface area contributed by atoms with Crippen LogP contribution in [0, 0.1) is 5.92 Å². The third-order valence-electron chi connectivity index (χ3n) is 4.01. The van der Waals surface area contributed by atoms with Crippen molar-refractivity contribution in [2.45, 2.75) is 44.3 Å². The second-order valence-corrected chi connectivity index (χ2v) is 5.21. The molecule has 0 saturated carbocycles. The third-order valence-corrected chi connectivity index (χ3v) is 4.01. The summed E-state index contributed by atoms with van der Waals surface area (Å²) in [5.41, 5.74) is 0. The average Bonchev–Trinajstić information content (AvgIpc) is 2.34. The normalized spacial score (nSPS) is 29.7. The average molecular weight is 264 g/mol. The SMILES string of the molecule is O=C(NCC1CCCN2CCCCC12)C(F)(F)F. The molecule has 0 bridgehead atoms. The van der Waals surface area contributed by atoms with Gasteiger partial charge in [0.25, 0.3) is 0 Å². The van der Waals surface area contributed by atoms with E-state index < -0.39 is 12.1 Å². The highest BCUT2D eigenvalue weighted by Gasteiger charge is 2.40. The number of fused-ring (bicyclic) bond motifs is 1. The second kappa shape index (κ2) is 5.47. The zero-order valence-electron chi connectivity index (χ0n) is 10.3. The summed E-state index contributed by atoms with van der Waals surface area (Å²) < 4.78 is 36.3. The van der Waals surface area contributed by atoms with Gasteiger partial charge in [0.1, 0.15) is 0 Å². The third kappa shape index (κ3) is 3.16. The van der Waals surface area contributed by atoms with Crippen molar-refractivity contribution in [1.82, 2.24) is 10.2 Å². The lowest BCUT2D eigenvalue weighted by Crippen LogP contribution is -2.51. The van der Waals surface area contributed by atoms with E-state index >= 15 is 0 Å². The first-order valence-corrected chi connectivity index (χ1v) is 6.57. The molecule has 0 radical (unpaired) electrons. The zero-order chi connectivity index (χ0) is 13.2. The van der Waals surface area contributed by atoms with Gasteiger partial charge in [-0.1, -0.05) is 6.42 Å². The van der Waals surface area contributed by atoms with Gasteiger partial charge in [-0.25, -0.2) is 0 Å². The van der Waals surface area contributed by atoms with Gasteiger partial charge >= 0.3 is 12.1 Å². The predicted molar refractivity (Wildman–Crippen MR) is 61.0 cm³/mol. The van der Waals surface area contributed by atoms with Crippen LogP contribution in [0.15, 0.2) is 0 Å². The molecule has 104 valence electrons. The maximum atomic E-state index is 12.1. The molecule has 0 aliphatic carbocycles. The Morgan fingerprint density at radius 3 is 2.61 bits per heavy atom. The molecule has 0 aromatic carbocycles. The van der Waals surface area contributed by atoms with E-state index in [-0.39, 0.29) is 12.5 Å². The Balaban J connectivity index is 1.86. The van der Waals surface area contributed by atoms with Gasteiger partial charge in [-0.05, 0) is 44.7 Å². The fourth-order valence-electron chi connectivity index (χ4n) is 3.14. The minimum absolute atomic E-state index is 0.152. The minimum Gasteiger partial charge on any atom is -0.348 e. The molecule has 2 rings (SSSR count). The standard InChI is InChI=1S/C12H19F3N2O/c13-12(14,15)11(18)16-8-9-4-3-7-17-6-2-1-5-10(9)17/h9-10H,1-8H2,(H,16,18). The fourth-order valence-corrected chi connectivity index (χ4v) is 3.14. The highest BCUT2D eigenvalue weighted by Crippen LogP contribution is 2.30. The van der Waals surface area contributed by atoms with Crippen molar-refractivity contribution < 1.29 is 18.0 Å². The molecule has 0 spiro atoms. The number of carbonyl (C=O) groups excluding carboxylic acids is 1. The molecular weight excluding hydrogens is 245 g/mol. The van der Waals surface area contributed by atoms with Crippen molar-refractivity contribution in [3.8, 4) is 0 Å². The van der Waals surface area contributed by atoms with Gasteiger partial charge < -0.3 is 10.2 Å². The zero-order valence-corrected chi connectivity index (χ0v) is 10.3. The Kier molecular flexibility index (Phi) is 4.14. The lowest BCUT2D eigenvalue weighted by atomic mass is 9.83. The Labute approximate surface area is 105 Å². The van der Waals surface area contributed by atoms with Crippen molar-refractivity contribution in [1.29, 1.82) is 0 Å². The summed E-state index contributed by atoms with van der Waals surface area (Å²) in [7, 11) is 0. The van der Waals surface area contributed by atoms with Crippen molar-refractivity contribution in [3.05, 3.63) is 0 Å². The van der Waals surface area contributed by atoms with E-state index in [1.807, 2.05) is 5.32 Å². The molecule has 1 N–H and O–H groups in total. The number of piperidine rings is 2. The summed E-state index contributed by atoms with van der Waals surface area (Å²) in [6, 6.07) is 0.362. The molecule has 1 amide bonds. The number of rotatable bonds is 2. The highest BCUT2D eigenvalue weighted by molar-refractivity contribution is 5.81. The molecule has 6 heteroatoms. The number of hydrogen-bond donors (Lipinski definition) is 1. The molecule has 2 atom stereocenters. The van der Waals surface area contributed by atoms with E-state index in [1.54, 1.807) is 0 Å². The van der Waals surface area contributed by atoms with E-state index in [9.17, 15) is 18.0 Å². The first-order chi connectivity index (χ1) is 8.48. The summed E-state index contributed by atoms with van der Waals surface area (Å²) >= 11 is 0. The highest BCUT2D eigenvalue weighted by atomic mass is 19.4. The van der Waals surface area contributed by atoms with E-state index in [1.165, 1.54) is 6.42 Å². The molecule has 3 nitrogen and oxygen atoms in total. The van der Waals surface area contributed by atoms with Crippen LogP contribution in [0.2, 0.25) is 0 Å². The van der Waals surface area contributed by atoms with Crippen molar-refractivity contribution in [2.75, 3.05) is 19.6 Å². The number of alkyl halides is 3. The fraction of sp³-hybridized carbons (Fsp3) is 0.917. The Hall–Kier alpha value is -0.780. The van der Waals surface area contributed by atoms with Crippen LogP contribution in [0.5, 0.6) is 0 Å². The van der Waals surface area contributed by atoms with E-state index in [2.05, 4.69) is 4.90 Å². The van der Waals surface area contributed by atoms with Crippen LogP contribution in [0.4, 0.5) is 13.2 Å². The van der Waals surface area contributed by atoms with Gasteiger partial charge in [0.05, 0.1) is 0 Å². The maximum Gasteiger partial charge on any atom is 0.471 e. The Morgan fingerprint density at radius 1 is 1.17 bits per heavy atom. The number of hydrogen-bond acceptors (Lipinski definition) is 2. The van der Waals surface area contributed by atoms with Crippen LogP contribution >= 0.6 is 0 Å². The molecule has 2 fully saturated rings. The second-order valence-electron chi connectivity index (χ2n) is 5.21.